The summed E-state index contributed by atoms with van der Waals surface area (Å²) >= 11 is 0. The van der Waals surface area contributed by atoms with Crippen LogP contribution in [0.1, 0.15) is 44.7 Å². The third-order valence-corrected chi connectivity index (χ3v) is 3.23. The molecule has 0 amide bonds. The van der Waals surface area contributed by atoms with Gasteiger partial charge in [0.25, 0.3) is 0 Å². The molecular weight excluding hydrogens is 268 g/mol. The molecule has 0 saturated heterocycles. The van der Waals surface area contributed by atoms with E-state index < -0.39 is 17.9 Å². The Morgan fingerprint density at radius 1 is 0.952 bits per heavy atom. The maximum absolute atomic E-state index is 11.9. The highest BCUT2D eigenvalue weighted by atomic mass is 16.6. The number of ether oxygens (including phenoxy) is 2. The van der Waals surface area contributed by atoms with E-state index in [1.165, 1.54) is 5.56 Å². The molecule has 116 valence electrons. The Labute approximate surface area is 126 Å². The van der Waals surface area contributed by atoms with Gasteiger partial charge in [-0.15, -0.1) is 0 Å². The van der Waals surface area contributed by atoms with Gasteiger partial charge in [-0.2, -0.15) is 0 Å². The minimum atomic E-state index is -0.894. The number of hydrogen-bond acceptors (Lipinski definition) is 4. The lowest BCUT2D eigenvalue weighted by Crippen LogP contribution is -2.30. The topological polar surface area (TPSA) is 52.6 Å². The number of esters is 2. The van der Waals surface area contributed by atoms with Crippen molar-refractivity contribution in [3.8, 4) is 0 Å². The van der Waals surface area contributed by atoms with E-state index in [0.717, 1.165) is 5.56 Å². The van der Waals surface area contributed by atoms with E-state index in [1.807, 2.05) is 24.3 Å². The van der Waals surface area contributed by atoms with Crippen molar-refractivity contribution in [3.05, 3.63) is 35.4 Å². The minimum Gasteiger partial charge on any atom is -0.465 e. The first kappa shape index (κ1) is 17.2. The van der Waals surface area contributed by atoms with Gasteiger partial charge in [-0.25, -0.2) is 0 Å². The van der Waals surface area contributed by atoms with Crippen molar-refractivity contribution in [2.24, 2.45) is 5.92 Å². The molecule has 4 heteroatoms. The highest BCUT2D eigenvalue weighted by Gasteiger charge is 2.29. The fraction of sp³-hybridized carbons (Fsp3) is 0.529. The predicted octanol–water partition coefficient (Wildman–Crippen LogP) is 3.09. The van der Waals surface area contributed by atoms with Crippen molar-refractivity contribution >= 4 is 11.9 Å². The van der Waals surface area contributed by atoms with E-state index in [2.05, 4.69) is 13.8 Å². The van der Waals surface area contributed by atoms with Gasteiger partial charge in [0.2, 0.25) is 0 Å². The van der Waals surface area contributed by atoms with Gasteiger partial charge >= 0.3 is 11.9 Å². The quantitative estimate of drug-likeness (QED) is 0.572. The Morgan fingerprint density at radius 2 is 1.43 bits per heavy atom. The molecule has 0 atom stereocenters. The standard InChI is InChI=1S/C17H24O4/c1-5-20-16(18)15(17(19)21-6-2)11-13-7-9-14(10-8-13)12(3)4/h7-10,12,15H,5-6,11H2,1-4H3. The molecule has 0 spiro atoms. The molecule has 0 aliphatic rings. The van der Waals surface area contributed by atoms with Crippen molar-refractivity contribution in [3.63, 3.8) is 0 Å². The Hall–Kier alpha value is -1.84. The first-order chi connectivity index (χ1) is 9.99. The van der Waals surface area contributed by atoms with E-state index >= 15 is 0 Å². The molecule has 1 rings (SSSR count). The van der Waals surface area contributed by atoms with Gasteiger partial charge in [0.15, 0.2) is 5.92 Å². The fourth-order valence-corrected chi connectivity index (χ4v) is 2.02. The third-order valence-electron chi connectivity index (χ3n) is 3.23. The van der Waals surface area contributed by atoms with Crippen LogP contribution in [-0.2, 0) is 25.5 Å². The number of carbonyl (C=O) groups excluding carboxylic acids is 2. The Balaban J connectivity index is 2.84. The molecule has 0 radical (unpaired) electrons. The summed E-state index contributed by atoms with van der Waals surface area (Å²) < 4.78 is 9.93. The minimum absolute atomic E-state index is 0.251. The molecule has 0 fully saturated rings. The molecule has 0 saturated carbocycles. The van der Waals surface area contributed by atoms with Crippen molar-refractivity contribution in [1.29, 1.82) is 0 Å². The van der Waals surface area contributed by atoms with Gasteiger partial charge in [-0.1, -0.05) is 38.1 Å². The summed E-state index contributed by atoms with van der Waals surface area (Å²) in [5.74, 6) is -1.49. The number of rotatable bonds is 7. The lowest BCUT2D eigenvalue weighted by atomic mass is 9.96. The van der Waals surface area contributed by atoms with Gasteiger partial charge in [0.05, 0.1) is 13.2 Å². The van der Waals surface area contributed by atoms with Crippen LogP contribution >= 0.6 is 0 Å². The van der Waals surface area contributed by atoms with E-state index in [1.54, 1.807) is 13.8 Å². The fourth-order valence-electron chi connectivity index (χ4n) is 2.02. The van der Waals surface area contributed by atoms with Crippen LogP contribution in [0.2, 0.25) is 0 Å². The van der Waals surface area contributed by atoms with Crippen LogP contribution in [0, 0.1) is 5.92 Å². The predicted molar refractivity (Wildman–Crippen MR) is 81.0 cm³/mol. The second-order valence-electron chi connectivity index (χ2n) is 5.16. The summed E-state index contributed by atoms with van der Waals surface area (Å²) in [5.41, 5.74) is 2.15. The van der Waals surface area contributed by atoms with Crippen LogP contribution in [0.25, 0.3) is 0 Å². The summed E-state index contributed by atoms with van der Waals surface area (Å²) in [7, 11) is 0. The smallest absolute Gasteiger partial charge is 0.320 e. The Morgan fingerprint density at radius 3 is 1.81 bits per heavy atom. The van der Waals surface area contributed by atoms with Crippen LogP contribution in [-0.4, -0.2) is 25.2 Å². The molecule has 1 aromatic rings. The third kappa shape index (κ3) is 5.21. The highest BCUT2D eigenvalue weighted by molar-refractivity contribution is 5.95. The first-order valence-electron chi connectivity index (χ1n) is 7.41. The van der Waals surface area contributed by atoms with Gasteiger partial charge in [0, 0.05) is 0 Å². The zero-order valence-corrected chi connectivity index (χ0v) is 13.2. The molecule has 1 aromatic carbocycles. The van der Waals surface area contributed by atoms with Gasteiger partial charge in [0.1, 0.15) is 0 Å². The van der Waals surface area contributed by atoms with Gasteiger partial charge in [-0.05, 0) is 37.3 Å². The largest absolute Gasteiger partial charge is 0.465 e. The molecule has 0 unspecified atom stereocenters. The van der Waals surface area contributed by atoms with Gasteiger partial charge in [-0.3, -0.25) is 9.59 Å². The number of carbonyl (C=O) groups is 2. The summed E-state index contributed by atoms with van der Waals surface area (Å²) in [6, 6.07) is 7.93. The van der Waals surface area contributed by atoms with Crippen molar-refractivity contribution in [2.75, 3.05) is 13.2 Å². The monoisotopic (exact) mass is 292 g/mol. The van der Waals surface area contributed by atoms with Crippen molar-refractivity contribution < 1.29 is 19.1 Å². The van der Waals surface area contributed by atoms with Crippen LogP contribution in [0.15, 0.2) is 24.3 Å². The van der Waals surface area contributed by atoms with Gasteiger partial charge < -0.3 is 9.47 Å². The molecule has 4 nitrogen and oxygen atoms in total. The average molecular weight is 292 g/mol. The Bertz CT molecular complexity index is 444. The number of hydrogen-bond donors (Lipinski definition) is 0. The summed E-state index contributed by atoms with van der Waals surface area (Å²) in [6.07, 6.45) is 0.302. The lowest BCUT2D eigenvalue weighted by molar-refractivity contribution is -0.161. The van der Waals surface area contributed by atoms with Crippen molar-refractivity contribution in [1.82, 2.24) is 0 Å². The summed E-state index contributed by atoms with van der Waals surface area (Å²) in [5, 5.41) is 0. The van der Waals surface area contributed by atoms with Crippen LogP contribution < -0.4 is 0 Å². The van der Waals surface area contributed by atoms with E-state index in [9.17, 15) is 9.59 Å². The molecule has 0 N–H and O–H groups in total. The maximum Gasteiger partial charge on any atom is 0.320 e. The van der Waals surface area contributed by atoms with Crippen LogP contribution in [0.5, 0.6) is 0 Å². The van der Waals surface area contributed by atoms with Crippen LogP contribution in [0.4, 0.5) is 0 Å². The van der Waals surface area contributed by atoms with E-state index in [-0.39, 0.29) is 13.2 Å². The van der Waals surface area contributed by atoms with E-state index in [4.69, 9.17) is 9.47 Å². The van der Waals surface area contributed by atoms with Crippen LogP contribution in [0.3, 0.4) is 0 Å². The summed E-state index contributed by atoms with van der Waals surface area (Å²) in [4.78, 5) is 23.8. The molecule has 0 bridgehead atoms. The van der Waals surface area contributed by atoms with E-state index in [0.29, 0.717) is 12.3 Å². The first-order valence-corrected chi connectivity index (χ1v) is 7.41. The molecular formula is C17H24O4. The molecule has 0 aliphatic heterocycles. The molecule has 0 heterocycles. The molecule has 0 aromatic heterocycles. The summed E-state index contributed by atoms with van der Waals surface area (Å²) in [6.45, 7) is 8.18. The Kier molecular flexibility index (Phi) is 6.92. The average Bonchev–Trinajstić information content (AvgIpc) is 2.45. The SMILES string of the molecule is CCOC(=O)C(Cc1ccc(C(C)C)cc1)C(=O)OCC. The normalized spacial score (nSPS) is 10.8. The second kappa shape index (κ2) is 8.45. The van der Waals surface area contributed by atoms with Crippen molar-refractivity contribution in [2.45, 2.75) is 40.0 Å². The maximum atomic E-state index is 11.9. The molecule has 0 aliphatic carbocycles. The zero-order chi connectivity index (χ0) is 15.8. The second-order valence-corrected chi connectivity index (χ2v) is 5.16. The number of benzene rings is 1. The zero-order valence-electron chi connectivity index (χ0n) is 13.2. The molecule has 21 heavy (non-hydrogen) atoms. The highest BCUT2D eigenvalue weighted by Crippen LogP contribution is 2.18. The lowest BCUT2D eigenvalue weighted by Gasteiger charge is -2.15.